The molecule has 0 aliphatic carbocycles. The number of rotatable bonds is 4. The van der Waals surface area contributed by atoms with E-state index in [-0.39, 0.29) is 6.04 Å². The van der Waals surface area contributed by atoms with Crippen molar-refractivity contribution in [2.75, 3.05) is 0 Å². The van der Waals surface area contributed by atoms with E-state index in [1.165, 1.54) is 0 Å². The third-order valence-electron chi connectivity index (χ3n) is 3.43. The largest absolute Gasteiger partial charge is 0.465 e. The molecule has 1 atom stereocenters. The van der Waals surface area contributed by atoms with Gasteiger partial charge < -0.3 is 14.8 Å². The predicted octanol–water partition coefficient (Wildman–Crippen LogP) is 2.59. The summed E-state index contributed by atoms with van der Waals surface area (Å²) in [5.41, 5.74) is 3.83. The molecule has 3 heterocycles. The zero-order valence-corrected chi connectivity index (χ0v) is 12.1. The minimum absolute atomic E-state index is 0.185. The highest BCUT2D eigenvalue weighted by Gasteiger charge is 2.08. The molecule has 0 saturated carbocycles. The molecule has 0 bridgehead atoms. The van der Waals surface area contributed by atoms with Crippen molar-refractivity contribution in [3.8, 4) is 11.1 Å². The molecule has 0 spiro atoms. The molecule has 3 rings (SSSR count). The Hall–Kier alpha value is -2.89. The van der Waals surface area contributed by atoms with Crippen molar-refractivity contribution in [3.63, 3.8) is 0 Å². The minimum atomic E-state index is -1.02. The quantitative estimate of drug-likeness (QED) is 0.775. The monoisotopic (exact) mass is 296 g/mol. The highest BCUT2D eigenvalue weighted by atomic mass is 16.4. The van der Waals surface area contributed by atoms with E-state index in [4.69, 9.17) is 5.11 Å². The van der Waals surface area contributed by atoms with E-state index in [0.717, 1.165) is 22.5 Å². The van der Waals surface area contributed by atoms with Gasteiger partial charge in [-0.3, -0.25) is 4.98 Å². The van der Waals surface area contributed by atoms with Crippen molar-refractivity contribution in [2.45, 2.75) is 19.4 Å². The number of hydrogen-bond donors (Lipinski definition) is 2. The van der Waals surface area contributed by atoms with E-state index in [1.54, 1.807) is 12.4 Å². The lowest BCUT2D eigenvalue weighted by Gasteiger charge is -2.11. The summed E-state index contributed by atoms with van der Waals surface area (Å²) in [4.78, 5) is 19.2. The number of nitrogens with zero attached hydrogens (tertiary/aromatic N) is 3. The first-order valence-electron chi connectivity index (χ1n) is 6.99. The topological polar surface area (TPSA) is 79.5 Å². The van der Waals surface area contributed by atoms with Crippen LogP contribution < -0.4 is 5.32 Å². The molecule has 1 unspecified atom stereocenters. The van der Waals surface area contributed by atoms with Crippen LogP contribution >= 0.6 is 0 Å². The molecule has 0 aliphatic rings. The van der Waals surface area contributed by atoms with Crippen molar-refractivity contribution in [2.24, 2.45) is 0 Å². The van der Waals surface area contributed by atoms with Crippen LogP contribution in [0, 0.1) is 0 Å². The smallest absolute Gasteiger partial charge is 0.404 e. The molecule has 0 aromatic carbocycles. The van der Waals surface area contributed by atoms with Crippen molar-refractivity contribution < 1.29 is 9.90 Å². The molecule has 0 saturated heterocycles. The third kappa shape index (κ3) is 3.06. The standard InChI is InChI=1S/C16H16N4O2/c1-11(19-16(21)22)8-14-9-12(2-4-17-14)13-3-6-20-7-5-18-15(20)10-13/h2-7,9-11,19H,8H2,1H3,(H,21,22). The summed E-state index contributed by atoms with van der Waals surface area (Å²) in [6.07, 6.45) is 6.90. The number of imidazole rings is 1. The second-order valence-electron chi connectivity index (χ2n) is 5.20. The summed E-state index contributed by atoms with van der Waals surface area (Å²) < 4.78 is 1.95. The maximum atomic E-state index is 10.6. The highest BCUT2D eigenvalue weighted by Crippen LogP contribution is 2.21. The Labute approximate surface area is 127 Å². The van der Waals surface area contributed by atoms with Gasteiger partial charge >= 0.3 is 6.09 Å². The Kier molecular flexibility index (Phi) is 3.74. The van der Waals surface area contributed by atoms with Crippen LogP contribution in [0.1, 0.15) is 12.6 Å². The Morgan fingerprint density at radius 2 is 2.05 bits per heavy atom. The van der Waals surface area contributed by atoms with Crippen LogP contribution in [0.3, 0.4) is 0 Å². The molecule has 0 aliphatic heterocycles. The first-order chi connectivity index (χ1) is 10.6. The van der Waals surface area contributed by atoms with E-state index < -0.39 is 6.09 Å². The van der Waals surface area contributed by atoms with Gasteiger partial charge in [0.25, 0.3) is 0 Å². The van der Waals surface area contributed by atoms with Gasteiger partial charge in [0.2, 0.25) is 0 Å². The van der Waals surface area contributed by atoms with Crippen LogP contribution in [0.25, 0.3) is 16.8 Å². The fourth-order valence-electron chi connectivity index (χ4n) is 2.43. The number of fused-ring (bicyclic) bond motifs is 1. The molecule has 0 radical (unpaired) electrons. The van der Waals surface area contributed by atoms with Gasteiger partial charge in [-0.25, -0.2) is 9.78 Å². The maximum absolute atomic E-state index is 10.6. The van der Waals surface area contributed by atoms with Gasteiger partial charge in [0.15, 0.2) is 0 Å². The Balaban J connectivity index is 1.85. The van der Waals surface area contributed by atoms with Crippen molar-refractivity contribution in [3.05, 3.63) is 54.7 Å². The van der Waals surface area contributed by atoms with Crippen LogP contribution in [0.2, 0.25) is 0 Å². The lowest BCUT2D eigenvalue weighted by molar-refractivity contribution is 0.190. The summed E-state index contributed by atoms with van der Waals surface area (Å²) in [6.45, 7) is 1.82. The number of aromatic nitrogens is 3. The molecule has 6 nitrogen and oxygen atoms in total. The molecule has 3 aromatic rings. The Bertz CT molecular complexity index is 813. The van der Waals surface area contributed by atoms with E-state index in [0.29, 0.717) is 6.42 Å². The third-order valence-corrected chi connectivity index (χ3v) is 3.43. The average molecular weight is 296 g/mol. The first-order valence-corrected chi connectivity index (χ1v) is 6.99. The number of hydrogen-bond acceptors (Lipinski definition) is 3. The molecule has 0 fully saturated rings. The molecule has 22 heavy (non-hydrogen) atoms. The first kappa shape index (κ1) is 14.1. The van der Waals surface area contributed by atoms with E-state index >= 15 is 0 Å². The van der Waals surface area contributed by atoms with Crippen LogP contribution in [0.4, 0.5) is 4.79 Å². The van der Waals surface area contributed by atoms with Gasteiger partial charge in [-0.2, -0.15) is 0 Å². The van der Waals surface area contributed by atoms with Gasteiger partial charge in [0.05, 0.1) is 0 Å². The summed E-state index contributed by atoms with van der Waals surface area (Å²) in [7, 11) is 0. The number of pyridine rings is 2. The second kappa shape index (κ2) is 5.85. The van der Waals surface area contributed by atoms with Gasteiger partial charge in [-0.1, -0.05) is 0 Å². The Morgan fingerprint density at radius 3 is 2.86 bits per heavy atom. The fourth-order valence-corrected chi connectivity index (χ4v) is 2.43. The Morgan fingerprint density at radius 1 is 1.23 bits per heavy atom. The van der Waals surface area contributed by atoms with Crippen LogP contribution in [-0.4, -0.2) is 31.6 Å². The van der Waals surface area contributed by atoms with Crippen LogP contribution in [-0.2, 0) is 6.42 Å². The fraction of sp³-hybridized carbons (Fsp3) is 0.188. The average Bonchev–Trinajstić information content (AvgIpc) is 2.93. The lowest BCUT2D eigenvalue weighted by Crippen LogP contribution is -2.32. The molecule has 112 valence electrons. The van der Waals surface area contributed by atoms with Gasteiger partial charge in [-0.15, -0.1) is 0 Å². The number of amides is 1. The zero-order chi connectivity index (χ0) is 15.5. The summed E-state index contributed by atoms with van der Waals surface area (Å²) >= 11 is 0. The second-order valence-corrected chi connectivity index (χ2v) is 5.20. The van der Waals surface area contributed by atoms with Crippen LogP contribution in [0.15, 0.2) is 49.1 Å². The number of nitrogens with one attached hydrogen (secondary N) is 1. The highest BCUT2D eigenvalue weighted by molar-refractivity contribution is 5.67. The van der Waals surface area contributed by atoms with Gasteiger partial charge in [0, 0.05) is 42.9 Å². The van der Waals surface area contributed by atoms with Crippen molar-refractivity contribution >= 4 is 11.7 Å². The normalized spacial score (nSPS) is 12.2. The molecule has 3 aromatic heterocycles. The number of carbonyl (C=O) groups is 1. The maximum Gasteiger partial charge on any atom is 0.404 e. The number of carboxylic acid groups (broad SMARTS) is 1. The molecule has 1 amide bonds. The van der Waals surface area contributed by atoms with Crippen LogP contribution in [0.5, 0.6) is 0 Å². The van der Waals surface area contributed by atoms with E-state index in [2.05, 4.69) is 15.3 Å². The molecule has 6 heteroatoms. The molecular weight excluding hydrogens is 280 g/mol. The lowest BCUT2D eigenvalue weighted by atomic mass is 10.1. The summed E-state index contributed by atoms with van der Waals surface area (Å²) in [5.74, 6) is 0. The molecular formula is C16H16N4O2. The van der Waals surface area contributed by atoms with Gasteiger partial charge in [-0.05, 0) is 42.3 Å². The van der Waals surface area contributed by atoms with Gasteiger partial charge in [0.1, 0.15) is 5.65 Å². The van der Waals surface area contributed by atoms with E-state index in [1.807, 2.05) is 48.0 Å². The minimum Gasteiger partial charge on any atom is -0.465 e. The summed E-state index contributed by atoms with van der Waals surface area (Å²) in [5, 5.41) is 11.2. The van der Waals surface area contributed by atoms with Crippen molar-refractivity contribution in [1.29, 1.82) is 0 Å². The molecule has 2 N–H and O–H groups in total. The zero-order valence-electron chi connectivity index (χ0n) is 12.1. The van der Waals surface area contributed by atoms with E-state index in [9.17, 15) is 4.79 Å². The predicted molar refractivity (Wildman–Crippen MR) is 82.7 cm³/mol. The van der Waals surface area contributed by atoms with Crippen molar-refractivity contribution in [1.82, 2.24) is 19.7 Å². The SMILES string of the molecule is CC(Cc1cc(-c2ccn3ccnc3c2)ccn1)NC(=O)O. The summed E-state index contributed by atoms with van der Waals surface area (Å²) in [6, 6.07) is 7.77.